The number of aromatic nitrogens is 4. The van der Waals surface area contributed by atoms with Crippen molar-refractivity contribution in [3.8, 4) is 0 Å². The van der Waals surface area contributed by atoms with Crippen molar-refractivity contribution < 1.29 is 9.53 Å². The summed E-state index contributed by atoms with van der Waals surface area (Å²) in [5.74, 6) is 0. The summed E-state index contributed by atoms with van der Waals surface area (Å²) in [5.41, 5.74) is 6.07. The van der Waals surface area contributed by atoms with E-state index in [0.717, 1.165) is 47.4 Å². The number of rotatable bonds is 6. The molecule has 1 aliphatic rings. The summed E-state index contributed by atoms with van der Waals surface area (Å²) in [7, 11) is 0. The Morgan fingerprint density at radius 2 is 2.10 bits per heavy atom. The van der Waals surface area contributed by atoms with Crippen LogP contribution in [0.3, 0.4) is 0 Å². The number of carbonyl (C=O) groups is 1. The molecule has 0 aliphatic heterocycles. The van der Waals surface area contributed by atoms with E-state index in [0.29, 0.717) is 6.54 Å². The van der Waals surface area contributed by atoms with Crippen molar-refractivity contribution in [2.75, 3.05) is 5.32 Å². The number of hydrogen-bond donors (Lipinski definition) is 2. The number of carbonyl (C=O) groups excluding carboxylic acids is 1. The summed E-state index contributed by atoms with van der Waals surface area (Å²) >= 11 is 0. The molecule has 0 unspecified atom stereocenters. The van der Waals surface area contributed by atoms with Gasteiger partial charge in [-0.25, -0.2) is 14.8 Å². The first-order valence-electron chi connectivity index (χ1n) is 10.9. The van der Waals surface area contributed by atoms with Crippen LogP contribution in [-0.2, 0) is 11.3 Å². The lowest BCUT2D eigenvalue weighted by Gasteiger charge is -2.16. The van der Waals surface area contributed by atoms with Gasteiger partial charge in [0.25, 0.3) is 0 Å². The molecule has 0 radical (unpaired) electrons. The third kappa shape index (κ3) is 4.78. The Balaban J connectivity index is 1.46. The number of alkyl carbamates (subject to hydrolysis) is 1. The third-order valence-electron chi connectivity index (χ3n) is 5.75. The molecule has 3 aromatic rings. The number of nitrogens with one attached hydrogen (secondary N) is 2. The minimum Gasteiger partial charge on any atom is -0.447 e. The first-order valence-corrected chi connectivity index (χ1v) is 10.9. The lowest BCUT2D eigenvalue weighted by molar-refractivity contribution is 0.112. The molecule has 164 valence electrons. The highest BCUT2D eigenvalue weighted by molar-refractivity contribution is 5.85. The molecule has 1 saturated carbocycles. The molecule has 8 nitrogen and oxygen atoms in total. The van der Waals surface area contributed by atoms with Crippen molar-refractivity contribution in [3.05, 3.63) is 47.7 Å². The molecule has 1 amide bonds. The van der Waals surface area contributed by atoms with Crippen molar-refractivity contribution in [3.63, 3.8) is 0 Å². The molecule has 0 spiro atoms. The molecular weight excluding hydrogens is 392 g/mol. The molecule has 0 aromatic carbocycles. The van der Waals surface area contributed by atoms with Crippen LogP contribution in [0.2, 0.25) is 0 Å². The van der Waals surface area contributed by atoms with Crippen LogP contribution in [-0.4, -0.2) is 37.8 Å². The Labute approximate surface area is 182 Å². The maximum atomic E-state index is 11.9. The van der Waals surface area contributed by atoms with Gasteiger partial charge in [-0.1, -0.05) is 0 Å². The zero-order chi connectivity index (χ0) is 22.0. The Morgan fingerprint density at radius 1 is 1.26 bits per heavy atom. The molecule has 2 atom stereocenters. The minimum atomic E-state index is -0.346. The molecule has 3 aromatic heterocycles. The van der Waals surface area contributed by atoms with Crippen molar-refractivity contribution in [2.24, 2.45) is 0 Å². The molecule has 0 bridgehead atoms. The van der Waals surface area contributed by atoms with Gasteiger partial charge in [-0.2, -0.15) is 0 Å². The SMILES string of the molecule is Cc1cc(C)c(CNc2ccnc3c2ncn3[C@H]2CC[C@@H](NC(=O)OC(C)C)C2)cn1. The van der Waals surface area contributed by atoms with Gasteiger partial charge in [0.1, 0.15) is 5.52 Å². The molecule has 4 rings (SSSR count). The largest absolute Gasteiger partial charge is 0.447 e. The van der Waals surface area contributed by atoms with E-state index in [9.17, 15) is 4.79 Å². The van der Waals surface area contributed by atoms with E-state index >= 15 is 0 Å². The van der Waals surface area contributed by atoms with Crippen LogP contribution in [0.1, 0.15) is 56.0 Å². The maximum absolute atomic E-state index is 11.9. The zero-order valence-electron chi connectivity index (χ0n) is 18.6. The number of amides is 1. The quantitative estimate of drug-likeness (QED) is 0.616. The fourth-order valence-corrected chi connectivity index (χ4v) is 4.20. The summed E-state index contributed by atoms with van der Waals surface area (Å²) < 4.78 is 7.34. The Hall–Kier alpha value is -3.16. The predicted molar refractivity (Wildman–Crippen MR) is 120 cm³/mol. The molecule has 8 heteroatoms. The van der Waals surface area contributed by atoms with Crippen molar-refractivity contribution in [1.29, 1.82) is 0 Å². The van der Waals surface area contributed by atoms with Crippen molar-refractivity contribution in [1.82, 2.24) is 24.8 Å². The van der Waals surface area contributed by atoms with Gasteiger partial charge in [-0.05, 0) is 70.2 Å². The average Bonchev–Trinajstić information content (AvgIpc) is 3.33. The van der Waals surface area contributed by atoms with Crippen molar-refractivity contribution in [2.45, 2.75) is 71.7 Å². The minimum absolute atomic E-state index is 0.104. The molecule has 1 fully saturated rings. The monoisotopic (exact) mass is 422 g/mol. The third-order valence-corrected chi connectivity index (χ3v) is 5.75. The predicted octanol–water partition coefficient (Wildman–Crippen LogP) is 4.28. The second-order valence-corrected chi connectivity index (χ2v) is 8.55. The normalized spacial score (nSPS) is 18.5. The molecule has 0 saturated heterocycles. The number of nitrogens with zero attached hydrogens (tertiary/aromatic N) is 4. The lowest BCUT2D eigenvalue weighted by Crippen LogP contribution is -2.34. The molecular formula is C23H30N6O2. The highest BCUT2D eigenvalue weighted by Gasteiger charge is 2.29. The number of anilines is 1. The van der Waals surface area contributed by atoms with Gasteiger partial charge in [-0.3, -0.25) is 4.98 Å². The van der Waals surface area contributed by atoms with E-state index < -0.39 is 0 Å². The highest BCUT2D eigenvalue weighted by atomic mass is 16.6. The van der Waals surface area contributed by atoms with Crippen LogP contribution in [0.25, 0.3) is 11.2 Å². The summed E-state index contributed by atoms with van der Waals surface area (Å²) in [4.78, 5) is 25.6. The molecule has 1 aliphatic carbocycles. The second kappa shape index (κ2) is 8.91. The molecule has 31 heavy (non-hydrogen) atoms. The first-order chi connectivity index (χ1) is 14.9. The van der Waals surface area contributed by atoms with Crippen LogP contribution < -0.4 is 10.6 Å². The second-order valence-electron chi connectivity index (χ2n) is 8.55. The molecule has 2 N–H and O–H groups in total. The number of aryl methyl sites for hydroxylation is 2. The Bertz CT molecular complexity index is 1080. The lowest BCUT2D eigenvalue weighted by atomic mass is 10.1. The van der Waals surface area contributed by atoms with Crippen LogP contribution >= 0.6 is 0 Å². The number of fused-ring (bicyclic) bond motifs is 1. The summed E-state index contributed by atoms with van der Waals surface area (Å²) in [6.07, 6.45) is 7.85. The van der Waals surface area contributed by atoms with Crippen molar-refractivity contribution >= 4 is 22.9 Å². The zero-order valence-corrected chi connectivity index (χ0v) is 18.6. The fraction of sp³-hybridized carbons (Fsp3) is 0.478. The van der Waals surface area contributed by atoms with E-state index in [4.69, 9.17) is 4.74 Å². The van der Waals surface area contributed by atoms with Gasteiger partial charge in [0, 0.05) is 36.7 Å². The van der Waals surface area contributed by atoms with E-state index in [1.54, 1.807) is 0 Å². The summed E-state index contributed by atoms with van der Waals surface area (Å²) in [5, 5.41) is 6.47. The van der Waals surface area contributed by atoms with Gasteiger partial charge in [-0.15, -0.1) is 0 Å². The summed E-state index contributed by atoms with van der Waals surface area (Å²) in [6.45, 7) is 8.48. The van der Waals surface area contributed by atoms with Gasteiger partial charge in [0.15, 0.2) is 5.65 Å². The number of hydrogen-bond acceptors (Lipinski definition) is 6. The van der Waals surface area contributed by atoms with Crippen LogP contribution in [0.4, 0.5) is 10.5 Å². The summed E-state index contributed by atoms with van der Waals surface area (Å²) in [6, 6.07) is 4.40. The standard InChI is InChI=1S/C23H30N6O2/c1-14(2)31-23(30)28-18-5-6-19(10-18)29-13-27-21-20(7-8-24-22(21)29)26-12-17-11-25-16(4)9-15(17)3/h7-9,11,13-14,18-19H,5-6,10,12H2,1-4H3,(H,24,26)(H,28,30)/t18-,19+/m1/s1. The number of pyridine rings is 2. The number of imidazole rings is 1. The smallest absolute Gasteiger partial charge is 0.407 e. The van der Waals surface area contributed by atoms with Gasteiger partial charge in [0.2, 0.25) is 0 Å². The van der Waals surface area contributed by atoms with Gasteiger partial charge < -0.3 is 19.9 Å². The first kappa shape index (κ1) is 21.1. The van der Waals surface area contributed by atoms with E-state index in [2.05, 4.69) is 43.1 Å². The highest BCUT2D eigenvalue weighted by Crippen LogP contribution is 2.33. The topological polar surface area (TPSA) is 94.0 Å². The van der Waals surface area contributed by atoms with Gasteiger partial charge in [0.05, 0.1) is 18.1 Å². The van der Waals surface area contributed by atoms with Crippen LogP contribution in [0.15, 0.2) is 30.9 Å². The Kier molecular flexibility index (Phi) is 6.06. The average molecular weight is 423 g/mol. The maximum Gasteiger partial charge on any atom is 0.407 e. The van der Waals surface area contributed by atoms with E-state index in [1.807, 2.05) is 45.6 Å². The van der Waals surface area contributed by atoms with Crippen LogP contribution in [0, 0.1) is 13.8 Å². The number of ether oxygens (including phenoxy) is 1. The fourth-order valence-electron chi connectivity index (χ4n) is 4.20. The van der Waals surface area contributed by atoms with E-state index in [1.165, 1.54) is 5.56 Å². The van der Waals surface area contributed by atoms with E-state index in [-0.39, 0.29) is 24.3 Å². The van der Waals surface area contributed by atoms with Crippen LogP contribution in [0.5, 0.6) is 0 Å². The van der Waals surface area contributed by atoms with Gasteiger partial charge >= 0.3 is 6.09 Å². The Morgan fingerprint density at radius 3 is 2.87 bits per heavy atom. The molecule has 3 heterocycles.